The van der Waals surface area contributed by atoms with Crippen molar-refractivity contribution in [3.05, 3.63) is 0 Å². The van der Waals surface area contributed by atoms with Gasteiger partial charge in [-0.3, -0.25) is 37.3 Å². The van der Waals surface area contributed by atoms with Crippen LogP contribution >= 0.6 is 15.6 Å². The number of ether oxygens (including phenoxy) is 4. The SMILES string of the molecule is CCCCCCCCCCCCCCCCCCCCCCC(=O)O[C@H](COC(=O)CCCCCCCCCCCCCC(C)C)COP(=O)(O)OC[C@@H](O)COP(=O)(O)OC[C@@H](COC(=O)CCCCCCCCCCC(C)C)OC(=O)CCCCCCCCCCCCCCCC. The topological polar surface area (TPSA) is 237 Å². The van der Waals surface area contributed by atoms with E-state index >= 15 is 0 Å². The van der Waals surface area contributed by atoms with Crippen LogP contribution in [0.1, 0.15) is 420 Å². The van der Waals surface area contributed by atoms with E-state index in [1.54, 1.807) is 0 Å². The first-order valence-electron chi connectivity index (χ1n) is 41.5. The van der Waals surface area contributed by atoms with E-state index in [-0.39, 0.29) is 25.7 Å². The molecule has 0 spiro atoms. The van der Waals surface area contributed by atoms with Crippen LogP contribution in [0, 0.1) is 11.8 Å². The molecule has 0 aliphatic carbocycles. The van der Waals surface area contributed by atoms with Gasteiger partial charge in [0.25, 0.3) is 0 Å². The molecule has 0 radical (unpaired) electrons. The summed E-state index contributed by atoms with van der Waals surface area (Å²) in [6.45, 7) is 9.60. The molecule has 17 nitrogen and oxygen atoms in total. The lowest BCUT2D eigenvalue weighted by molar-refractivity contribution is -0.161. The highest BCUT2D eigenvalue weighted by molar-refractivity contribution is 7.47. The van der Waals surface area contributed by atoms with Gasteiger partial charge < -0.3 is 33.8 Å². The smallest absolute Gasteiger partial charge is 0.462 e. The van der Waals surface area contributed by atoms with E-state index in [0.29, 0.717) is 25.7 Å². The van der Waals surface area contributed by atoms with Crippen molar-refractivity contribution in [3.63, 3.8) is 0 Å². The standard InChI is InChI=1S/C80H156O17P2/c1-7-9-11-13-15-17-19-21-23-24-25-26-27-28-30-34-39-47-53-59-65-80(85)96-75(68-90-77(82)62-56-50-44-37-35-31-32-36-42-48-54-60-72(3)4)70-94-98(86,87)92-66-74(81)67-93-99(88,89)95-71-76(69-91-78(83)63-57-51-45-41-40-43-49-55-61-73(5)6)97-79(84)64-58-52-46-38-33-29-22-20-18-16-14-12-10-8-2/h72-76,81H,7-71H2,1-6H3,(H,86,87)(H,88,89)/t74-,75-,76-/m1/s1. The summed E-state index contributed by atoms with van der Waals surface area (Å²) in [7, 11) is -9.92. The van der Waals surface area contributed by atoms with E-state index in [1.807, 2.05) is 0 Å². The lowest BCUT2D eigenvalue weighted by Crippen LogP contribution is -2.30. The first kappa shape index (κ1) is 97.1. The summed E-state index contributed by atoms with van der Waals surface area (Å²) >= 11 is 0. The molecule has 0 bridgehead atoms. The minimum absolute atomic E-state index is 0.107. The summed E-state index contributed by atoms with van der Waals surface area (Å²) in [5.74, 6) is -0.612. The normalized spacial score (nSPS) is 13.9. The Morgan fingerprint density at radius 1 is 0.273 bits per heavy atom. The van der Waals surface area contributed by atoms with Crippen molar-refractivity contribution >= 4 is 39.5 Å². The van der Waals surface area contributed by atoms with Crippen LogP contribution in [0.5, 0.6) is 0 Å². The molecule has 2 unspecified atom stereocenters. The molecule has 0 heterocycles. The van der Waals surface area contributed by atoms with Gasteiger partial charge in [-0.05, 0) is 37.5 Å². The van der Waals surface area contributed by atoms with Gasteiger partial charge >= 0.3 is 39.5 Å². The van der Waals surface area contributed by atoms with E-state index < -0.39 is 97.5 Å². The molecule has 19 heteroatoms. The number of carbonyl (C=O) groups excluding carboxylic acids is 4. The summed E-state index contributed by atoms with van der Waals surface area (Å²) < 4.78 is 68.7. The maximum atomic E-state index is 13.1. The lowest BCUT2D eigenvalue weighted by Gasteiger charge is -2.21. The second-order valence-electron chi connectivity index (χ2n) is 29.8. The van der Waals surface area contributed by atoms with E-state index in [1.165, 1.54) is 238 Å². The molecule has 588 valence electrons. The summed E-state index contributed by atoms with van der Waals surface area (Å²) in [6.07, 6.45) is 61.1. The number of phosphoric ester groups is 2. The molecular formula is C80H156O17P2. The fourth-order valence-electron chi connectivity index (χ4n) is 12.4. The maximum absolute atomic E-state index is 13.1. The molecule has 0 aromatic heterocycles. The third-order valence-electron chi connectivity index (χ3n) is 18.7. The highest BCUT2D eigenvalue weighted by Gasteiger charge is 2.30. The largest absolute Gasteiger partial charge is 0.472 e. The Bertz CT molecular complexity index is 1910. The highest BCUT2D eigenvalue weighted by atomic mass is 31.2. The fourth-order valence-corrected chi connectivity index (χ4v) is 13.9. The van der Waals surface area contributed by atoms with Gasteiger partial charge in [0.1, 0.15) is 19.3 Å². The lowest BCUT2D eigenvalue weighted by atomic mass is 10.0. The Hall–Kier alpha value is -1.94. The predicted octanol–water partition coefficient (Wildman–Crippen LogP) is 23.9. The van der Waals surface area contributed by atoms with Gasteiger partial charge in [-0.1, -0.05) is 369 Å². The molecular weight excluding hydrogens is 1290 g/mol. The molecule has 3 N–H and O–H groups in total. The van der Waals surface area contributed by atoms with E-state index in [9.17, 15) is 43.2 Å². The van der Waals surface area contributed by atoms with Crippen molar-refractivity contribution in [2.45, 2.75) is 439 Å². The molecule has 0 rings (SSSR count). The van der Waals surface area contributed by atoms with Crippen LogP contribution in [0.3, 0.4) is 0 Å². The number of hydrogen-bond donors (Lipinski definition) is 3. The maximum Gasteiger partial charge on any atom is 0.472 e. The van der Waals surface area contributed by atoms with Crippen molar-refractivity contribution in [3.8, 4) is 0 Å². The third-order valence-corrected chi connectivity index (χ3v) is 20.6. The van der Waals surface area contributed by atoms with Crippen molar-refractivity contribution in [1.82, 2.24) is 0 Å². The monoisotopic (exact) mass is 1450 g/mol. The molecule has 0 aliphatic rings. The van der Waals surface area contributed by atoms with E-state index in [4.69, 9.17) is 37.0 Å². The number of phosphoric acid groups is 2. The summed E-state index contributed by atoms with van der Waals surface area (Å²) in [6, 6.07) is 0. The summed E-state index contributed by atoms with van der Waals surface area (Å²) in [4.78, 5) is 73.0. The molecule has 0 saturated carbocycles. The number of hydrogen-bond acceptors (Lipinski definition) is 15. The molecule has 0 fully saturated rings. The van der Waals surface area contributed by atoms with Crippen LogP contribution in [0.25, 0.3) is 0 Å². The Balaban J connectivity index is 5.24. The van der Waals surface area contributed by atoms with E-state index in [0.717, 1.165) is 102 Å². The first-order valence-corrected chi connectivity index (χ1v) is 44.5. The van der Waals surface area contributed by atoms with Gasteiger partial charge in [-0.15, -0.1) is 0 Å². The van der Waals surface area contributed by atoms with Gasteiger partial charge in [-0.2, -0.15) is 0 Å². The zero-order chi connectivity index (χ0) is 72.8. The summed E-state index contributed by atoms with van der Waals surface area (Å²) in [5.41, 5.74) is 0. The van der Waals surface area contributed by atoms with Crippen molar-refractivity contribution in [2.75, 3.05) is 39.6 Å². The van der Waals surface area contributed by atoms with Gasteiger partial charge in [0.15, 0.2) is 12.2 Å². The number of aliphatic hydroxyl groups is 1. The number of carbonyl (C=O) groups is 4. The zero-order valence-corrected chi connectivity index (χ0v) is 66.6. The highest BCUT2D eigenvalue weighted by Crippen LogP contribution is 2.45. The Morgan fingerprint density at radius 2 is 0.465 bits per heavy atom. The minimum atomic E-state index is -4.96. The van der Waals surface area contributed by atoms with Gasteiger partial charge in [0, 0.05) is 25.7 Å². The Kier molecular flexibility index (Phi) is 70.3. The number of aliphatic hydroxyl groups excluding tert-OH is 1. The first-order chi connectivity index (χ1) is 47.9. The third kappa shape index (κ3) is 74.1. The second kappa shape index (κ2) is 71.7. The van der Waals surface area contributed by atoms with Gasteiger partial charge in [0.2, 0.25) is 0 Å². The zero-order valence-electron chi connectivity index (χ0n) is 64.8. The van der Waals surface area contributed by atoms with Crippen LogP contribution in [0.4, 0.5) is 0 Å². The molecule has 99 heavy (non-hydrogen) atoms. The molecule has 0 aromatic carbocycles. The van der Waals surface area contributed by atoms with Crippen LogP contribution in [0.2, 0.25) is 0 Å². The van der Waals surface area contributed by atoms with Gasteiger partial charge in [0.05, 0.1) is 26.4 Å². The van der Waals surface area contributed by atoms with Crippen molar-refractivity contribution < 1.29 is 80.2 Å². The quantitative estimate of drug-likeness (QED) is 0.0222. The predicted molar refractivity (Wildman–Crippen MR) is 405 cm³/mol. The molecule has 0 amide bonds. The summed E-state index contributed by atoms with van der Waals surface area (Å²) in [5, 5.41) is 10.6. The van der Waals surface area contributed by atoms with Crippen molar-refractivity contribution in [1.29, 1.82) is 0 Å². The minimum Gasteiger partial charge on any atom is -0.462 e. The second-order valence-corrected chi connectivity index (χ2v) is 32.7. The van der Waals surface area contributed by atoms with Crippen LogP contribution in [-0.2, 0) is 65.4 Å². The fraction of sp³-hybridized carbons (Fsp3) is 0.950. The average Bonchev–Trinajstić information content (AvgIpc) is 0.971. The Labute approximate surface area is 607 Å². The number of unbranched alkanes of at least 4 members (excludes halogenated alkanes) is 49. The number of rotatable bonds is 79. The van der Waals surface area contributed by atoms with Crippen LogP contribution in [-0.4, -0.2) is 96.7 Å². The van der Waals surface area contributed by atoms with Crippen LogP contribution < -0.4 is 0 Å². The van der Waals surface area contributed by atoms with Crippen molar-refractivity contribution in [2.24, 2.45) is 11.8 Å². The Morgan fingerprint density at radius 3 is 0.687 bits per heavy atom. The number of esters is 4. The molecule has 0 aliphatic heterocycles. The average molecular weight is 1450 g/mol. The molecule has 5 atom stereocenters. The van der Waals surface area contributed by atoms with E-state index in [2.05, 4.69) is 41.5 Å². The van der Waals surface area contributed by atoms with Crippen LogP contribution in [0.15, 0.2) is 0 Å². The molecule has 0 aromatic rings. The molecule has 0 saturated heterocycles. The van der Waals surface area contributed by atoms with Gasteiger partial charge in [-0.25, -0.2) is 9.13 Å².